The summed E-state index contributed by atoms with van der Waals surface area (Å²) in [6, 6.07) is 7.93. The molecule has 2 aromatic carbocycles. The van der Waals surface area contributed by atoms with E-state index < -0.39 is 22.5 Å². The SMILES string of the molecule is CCc1cc(C)cc(OC)c1C1=C(O)C2(CCC(OC)CC2)NC1=O.CCc1cc(C)cc(OC)c1C1=C(OC(=O)N(C)C)C2(CCC(OC)CC2)NC1=O.CCl.CN(C)C(=O)Cl. The Balaban J connectivity index is 0.000000290. The van der Waals surface area contributed by atoms with E-state index in [4.69, 9.17) is 35.3 Å². The van der Waals surface area contributed by atoms with Crippen LogP contribution in [0.15, 0.2) is 35.8 Å². The van der Waals surface area contributed by atoms with Crippen LogP contribution in [-0.4, -0.2) is 124 Å². The highest BCUT2D eigenvalue weighted by Gasteiger charge is 2.51. The summed E-state index contributed by atoms with van der Waals surface area (Å²) in [5, 5.41) is 16.8. The Bertz CT molecular complexity index is 1970. The quantitative estimate of drug-likeness (QED) is 0.126. The first-order valence-corrected chi connectivity index (χ1v) is 22.4. The van der Waals surface area contributed by atoms with Crippen molar-refractivity contribution in [2.75, 3.05) is 63.0 Å². The average Bonchev–Trinajstić information content (AvgIpc) is 3.66. The Labute approximate surface area is 383 Å². The number of hydrogen-bond donors (Lipinski definition) is 3. The molecule has 2 spiro atoms. The summed E-state index contributed by atoms with van der Waals surface area (Å²) < 4.78 is 28.0. The first-order chi connectivity index (χ1) is 29.9. The van der Waals surface area contributed by atoms with Crippen LogP contribution in [0.5, 0.6) is 11.5 Å². The molecule has 0 unspecified atom stereocenters. The molecule has 0 atom stereocenters. The normalized spacial score (nSPS) is 22.5. The smallest absolute Gasteiger partial charge is 0.414 e. The van der Waals surface area contributed by atoms with Gasteiger partial charge in [0.05, 0.1) is 48.7 Å². The highest BCUT2D eigenvalue weighted by molar-refractivity contribution is 6.62. The third-order valence-corrected chi connectivity index (χ3v) is 12.4. The zero-order valence-electron chi connectivity index (χ0n) is 39.3. The van der Waals surface area contributed by atoms with Crippen LogP contribution in [0.3, 0.4) is 0 Å². The largest absolute Gasteiger partial charge is 0.509 e. The molecule has 2 saturated carbocycles. The second kappa shape index (κ2) is 23.4. The minimum absolute atomic E-state index is 0.141. The Morgan fingerprint density at radius 3 is 1.44 bits per heavy atom. The van der Waals surface area contributed by atoms with E-state index in [1.807, 2.05) is 39.8 Å². The zero-order chi connectivity index (χ0) is 47.4. The summed E-state index contributed by atoms with van der Waals surface area (Å²) in [7, 11) is 13.1. The first-order valence-electron chi connectivity index (χ1n) is 21.2. The molecule has 2 aliphatic carbocycles. The number of carbonyl (C=O) groups is 4. The standard InChI is InChI=1S/C23H32N2O5.C20H27NO4.C3H6ClNO.CH3Cl/c1-7-15-12-14(2)13-17(29-6)18(15)19-20(30-22(27)25(3)4)23(24-21(19)26)10-8-16(28-5)9-11-23;1-5-13-10-12(2)11-15(25-4)16(13)17-18(22)20(21-19(17)23)8-6-14(24-3)7-9-20;1-5(2)3(4)6;1-2/h12-13,16H,7-11H2,1-6H3,(H,24,26);10-11,14,22H,5-9H2,1-4H3,(H,21,23);1-2H3;1H3. The fourth-order valence-electron chi connectivity index (χ4n) is 8.60. The van der Waals surface area contributed by atoms with E-state index >= 15 is 0 Å². The molecule has 2 fully saturated rings. The first kappa shape index (κ1) is 52.8. The molecule has 4 amide bonds. The lowest BCUT2D eigenvalue weighted by molar-refractivity contribution is -0.117. The molecule has 3 N–H and O–H groups in total. The molecule has 0 bridgehead atoms. The number of benzene rings is 2. The van der Waals surface area contributed by atoms with Gasteiger partial charge in [0, 0.05) is 59.9 Å². The summed E-state index contributed by atoms with van der Waals surface area (Å²) in [4.78, 5) is 51.2. The van der Waals surface area contributed by atoms with Crippen LogP contribution in [-0.2, 0) is 36.6 Å². The zero-order valence-corrected chi connectivity index (χ0v) is 40.8. The maximum absolute atomic E-state index is 13.3. The van der Waals surface area contributed by atoms with Crippen molar-refractivity contribution in [2.24, 2.45) is 0 Å². The van der Waals surface area contributed by atoms with Crippen molar-refractivity contribution in [1.82, 2.24) is 20.4 Å². The number of rotatable bonds is 9. The molecule has 14 nitrogen and oxygen atoms in total. The van der Waals surface area contributed by atoms with E-state index in [1.54, 1.807) is 56.6 Å². The topological polar surface area (TPSA) is 165 Å². The molecule has 350 valence electrons. The van der Waals surface area contributed by atoms with Crippen molar-refractivity contribution in [1.29, 1.82) is 0 Å². The van der Waals surface area contributed by atoms with Gasteiger partial charge < -0.3 is 49.2 Å². The molecule has 2 aromatic rings. The van der Waals surface area contributed by atoms with Crippen molar-refractivity contribution in [3.05, 3.63) is 69.2 Å². The third kappa shape index (κ3) is 12.0. The van der Waals surface area contributed by atoms with Gasteiger partial charge in [-0.25, -0.2) is 4.79 Å². The number of aliphatic hydroxyl groups is 1. The third-order valence-electron chi connectivity index (χ3n) is 12.0. The van der Waals surface area contributed by atoms with E-state index in [1.165, 1.54) is 16.2 Å². The lowest BCUT2D eigenvalue weighted by Crippen LogP contribution is -2.49. The van der Waals surface area contributed by atoms with Crippen molar-refractivity contribution in [3.8, 4) is 11.5 Å². The molecule has 6 rings (SSSR count). The molecule has 0 saturated heterocycles. The fourth-order valence-corrected chi connectivity index (χ4v) is 8.60. The maximum atomic E-state index is 13.3. The molecule has 16 heteroatoms. The van der Waals surface area contributed by atoms with Gasteiger partial charge in [0.2, 0.25) is 0 Å². The number of nitrogens with one attached hydrogen (secondary N) is 2. The molecule has 2 aliphatic heterocycles. The van der Waals surface area contributed by atoms with Gasteiger partial charge in [-0.3, -0.25) is 14.4 Å². The summed E-state index contributed by atoms with van der Waals surface area (Å²) in [5.74, 6) is 1.35. The van der Waals surface area contributed by atoms with Gasteiger partial charge in [-0.05, 0) is 124 Å². The van der Waals surface area contributed by atoms with Gasteiger partial charge in [-0.2, -0.15) is 0 Å². The van der Waals surface area contributed by atoms with Crippen LogP contribution in [0.25, 0.3) is 11.1 Å². The van der Waals surface area contributed by atoms with Gasteiger partial charge in [0.15, 0.2) is 0 Å². The van der Waals surface area contributed by atoms with Gasteiger partial charge in [-0.15, -0.1) is 11.6 Å². The average molecular weight is 920 g/mol. The van der Waals surface area contributed by atoms with E-state index in [0.29, 0.717) is 59.7 Å². The second-order valence-electron chi connectivity index (χ2n) is 16.5. The summed E-state index contributed by atoms with van der Waals surface area (Å²) in [5.41, 5.74) is 4.93. The van der Waals surface area contributed by atoms with E-state index in [2.05, 4.69) is 34.4 Å². The highest BCUT2D eigenvalue weighted by Crippen LogP contribution is 2.47. The minimum Gasteiger partial charge on any atom is -0.509 e. The van der Waals surface area contributed by atoms with Crippen molar-refractivity contribution in [2.45, 2.75) is 115 Å². The lowest BCUT2D eigenvalue weighted by atomic mass is 9.79. The number of ether oxygens (including phenoxy) is 5. The number of aliphatic hydroxyl groups excluding tert-OH is 1. The van der Waals surface area contributed by atoms with Gasteiger partial charge in [-0.1, -0.05) is 26.0 Å². The second-order valence-corrected chi connectivity index (χ2v) is 16.8. The Morgan fingerprint density at radius 2 is 1.08 bits per heavy atom. The van der Waals surface area contributed by atoms with E-state index in [0.717, 1.165) is 66.3 Å². The summed E-state index contributed by atoms with van der Waals surface area (Å²) in [6.07, 6.45) is 8.63. The molecule has 0 radical (unpaired) electrons. The molecule has 63 heavy (non-hydrogen) atoms. The Morgan fingerprint density at radius 1 is 0.698 bits per heavy atom. The predicted molar refractivity (Wildman–Crippen MR) is 248 cm³/mol. The van der Waals surface area contributed by atoms with Crippen LogP contribution in [0.1, 0.15) is 98.6 Å². The number of methoxy groups -OCH3 is 4. The van der Waals surface area contributed by atoms with Crippen LogP contribution >= 0.6 is 23.2 Å². The molecule has 0 aromatic heterocycles. The number of aryl methyl sites for hydroxylation is 4. The molecule has 4 aliphatic rings. The number of hydrogen-bond acceptors (Lipinski definition) is 10. The van der Waals surface area contributed by atoms with Crippen molar-refractivity contribution in [3.63, 3.8) is 0 Å². The monoisotopic (exact) mass is 918 g/mol. The molecular weight excluding hydrogens is 851 g/mol. The fraction of sp³-hybridized carbons (Fsp3) is 0.574. The van der Waals surface area contributed by atoms with E-state index in [9.17, 15) is 24.3 Å². The van der Waals surface area contributed by atoms with Crippen LogP contribution in [0.4, 0.5) is 9.59 Å². The number of amides is 4. The molecule has 2 heterocycles. The minimum atomic E-state index is -0.714. The van der Waals surface area contributed by atoms with Gasteiger partial charge in [0.25, 0.3) is 11.8 Å². The maximum Gasteiger partial charge on any atom is 0.414 e. The van der Waals surface area contributed by atoms with Crippen LogP contribution in [0.2, 0.25) is 0 Å². The highest BCUT2D eigenvalue weighted by atomic mass is 35.5. The lowest BCUT2D eigenvalue weighted by Gasteiger charge is -2.38. The van der Waals surface area contributed by atoms with Crippen LogP contribution in [0, 0.1) is 13.8 Å². The number of alkyl halides is 1. The Hall–Kier alpha value is -4.50. The predicted octanol–water partition coefficient (Wildman–Crippen LogP) is 8.49. The summed E-state index contributed by atoms with van der Waals surface area (Å²) in [6.45, 7) is 8.08. The number of halogens is 2. The van der Waals surface area contributed by atoms with E-state index in [-0.39, 0.29) is 29.8 Å². The molecular formula is C47H68Cl2N4O10. The summed E-state index contributed by atoms with van der Waals surface area (Å²) >= 11 is 9.54. The van der Waals surface area contributed by atoms with Gasteiger partial charge >= 0.3 is 11.5 Å². The van der Waals surface area contributed by atoms with Crippen molar-refractivity contribution >= 4 is 57.6 Å². The Kier molecular flexibility index (Phi) is 19.7. The number of nitrogens with zero attached hydrogens (tertiary/aromatic N) is 2. The number of carbonyl (C=O) groups excluding carboxylic acids is 4. The van der Waals surface area contributed by atoms with Gasteiger partial charge in [0.1, 0.15) is 23.0 Å². The van der Waals surface area contributed by atoms with Crippen molar-refractivity contribution < 1.29 is 48.0 Å². The van der Waals surface area contributed by atoms with Crippen LogP contribution < -0.4 is 20.1 Å².